The Morgan fingerprint density at radius 2 is 1.89 bits per heavy atom. The summed E-state index contributed by atoms with van der Waals surface area (Å²) in [5, 5.41) is 3.44. The zero-order valence-electron chi connectivity index (χ0n) is 12.3. The van der Waals surface area contributed by atoms with Crippen molar-refractivity contribution < 1.29 is 4.74 Å². The van der Waals surface area contributed by atoms with Crippen LogP contribution in [0.1, 0.15) is 32.6 Å². The minimum Gasteiger partial charge on any atom is -0.378 e. The van der Waals surface area contributed by atoms with Crippen LogP contribution in [0, 0.1) is 0 Å². The Bertz CT molecular complexity index is 273. The normalized spacial score (nSPS) is 35.2. The second-order valence-electron chi connectivity index (χ2n) is 6.35. The van der Waals surface area contributed by atoms with Crippen LogP contribution in [0.15, 0.2) is 0 Å². The van der Waals surface area contributed by atoms with Crippen molar-refractivity contribution in [3.05, 3.63) is 0 Å². The minimum atomic E-state index is 0.530. The third kappa shape index (κ3) is 3.30. The van der Waals surface area contributed by atoms with Crippen molar-refractivity contribution in [2.24, 2.45) is 0 Å². The summed E-state index contributed by atoms with van der Waals surface area (Å²) < 4.78 is 5.87. The van der Waals surface area contributed by atoms with Crippen LogP contribution in [0.4, 0.5) is 0 Å². The van der Waals surface area contributed by atoms with Crippen LogP contribution in [0.2, 0.25) is 0 Å². The molecular formula is C15H29N3O. The van der Waals surface area contributed by atoms with E-state index in [2.05, 4.69) is 22.0 Å². The van der Waals surface area contributed by atoms with E-state index in [0.29, 0.717) is 6.10 Å². The molecule has 0 aromatic rings. The fourth-order valence-electron chi connectivity index (χ4n) is 3.78. The van der Waals surface area contributed by atoms with Gasteiger partial charge in [0.25, 0.3) is 0 Å². The Hall–Kier alpha value is -0.160. The van der Waals surface area contributed by atoms with Crippen molar-refractivity contribution in [1.29, 1.82) is 0 Å². The first-order chi connectivity index (χ1) is 9.36. The molecule has 19 heavy (non-hydrogen) atoms. The molecule has 3 saturated heterocycles. The molecule has 0 bridgehead atoms. The summed E-state index contributed by atoms with van der Waals surface area (Å²) in [4.78, 5) is 5.38. The Labute approximate surface area is 117 Å². The molecule has 0 saturated carbocycles. The lowest BCUT2D eigenvalue weighted by Crippen LogP contribution is -2.65. The Kier molecular flexibility index (Phi) is 4.74. The molecule has 0 amide bonds. The lowest BCUT2D eigenvalue weighted by atomic mass is 9.94. The van der Waals surface area contributed by atoms with Crippen molar-refractivity contribution in [1.82, 2.24) is 15.1 Å². The van der Waals surface area contributed by atoms with Gasteiger partial charge in [0, 0.05) is 58.0 Å². The quantitative estimate of drug-likeness (QED) is 0.820. The predicted molar refractivity (Wildman–Crippen MR) is 77.5 cm³/mol. The third-order valence-electron chi connectivity index (χ3n) is 5.03. The summed E-state index contributed by atoms with van der Waals surface area (Å²) in [5.74, 6) is 0. The number of rotatable bonds is 4. The van der Waals surface area contributed by atoms with Gasteiger partial charge < -0.3 is 10.1 Å². The maximum atomic E-state index is 5.87. The first-order valence-corrected chi connectivity index (χ1v) is 8.17. The highest BCUT2D eigenvalue weighted by Crippen LogP contribution is 2.27. The van der Waals surface area contributed by atoms with Crippen molar-refractivity contribution >= 4 is 0 Å². The molecule has 0 radical (unpaired) electrons. The molecule has 0 aliphatic carbocycles. The molecule has 110 valence electrons. The fourth-order valence-corrected chi connectivity index (χ4v) is 3.78. The maximum Gasteiger partial charge on any atom is 0.0590 e. The smallest absolute Gasteiger partial charge is 0.0590 e. The van der Waals surface area contributed by atoms with Gasteiger partial charge in [-0.15, -0.1) is 0 Å². The molecule has 3 aliphatic rings. The van der Waals surface area contributed by atoms with E-state index in [1.807, 2.05) is 0 Å². The molecule has 0 aromatic carbocycles. The van der Waals surface area contributed by atoms with Crippen LogP contribution in [-0.2, 0) is 4.74 Å². The highest BCUT2D eigenvalue weighted by molar-refractivity contribution is 4.94. The van der Waals surface area contributed by atoms with Gasteiger partial charge in [-0.05, 0) is 19.3 Å². The Morgan fingerprint density at radius 3 is 2.63 bits per heavy atom. The van der Waals surface area contributed by atoms with Crippen LogP contribution in [0.3, 0.4) is 0 Å². The minimum absolute atomic E-state index is 0.530. The second kappa shape index (κ2) is 6.53. The number of ether oxygens (including phenoxy) is 1. The molecule has 3 heterocycles. The molecule has 0 aromatic heterocycles. The van der Waals surface area contributed by atoms with Crippen LogP contribution >= 0.6 is 0 Å². The Balaban J connectivity index is 1.42. The van der Waals surface area contributed by atoms with Crippen molar-refractivity contribution in [3.63, 3.8) is 0 Å². The standard InChI is InChI=1S/C15H29N3O/c1-2-3-15-10-13(4-9-19-15)18-11-14(12-18)17-7-5-16-6-8-17/h13-16H,2-12H2,1H3. The topological polar surface area (TPSA) is 27.7 Å². The SMILES string of the molecule is CCCC1CC(N2CC(N3CCNCC3)C2)CCO1. The van der Waals surface area contributed by atoms with Gasteiger partial charge in [0.15, 0.2) is 0 Å². The van der Waals surface area contributed by atoms with E-state index in [-0.39, 0.29) is 0 Å². The molecule has 1 N–H and O–H groups in total. The molecule has 2 atom stereocenters. The number of piperazine rings is 1. The van der Waals surface area contributed by atoms with E-state index in [1.54, 1.807) is 0 Å². The third-order valence-corrected chi connectivity index (χ3v) is 5.03. The van der Waals surface area contributed by atoms with Crippen molar-refractivity contribution in [3.8, 4) is 0 Å². The first kappa shape index (κ1) is 13.8. The summed E-state index contributed by atoms with van der Waals surface area (Å²) in [6.45, 7) is 10.7. The lowest BCUT2D eigenvalue weighted by molar-refractivity contribution is -0.0690. The molecule has 3 rings (SSSR count). The number of hydrogen-bond donors (Lipinski definition) is 1. The van der Waals surface area contributed by atoms with Gasteiger partial charge >= 0.3 is 0 Å². The molecular weight excluding hydrogens is 238 g/mol. The molecule has 4 heteroatoms. The number of hydrogen-bond acceptors (Lipinski definition) is 4. The van der Waals surface area contributed by atoms with Gasteiger partial charge in [-0.2, -0.15) is 0 Å². The fraction of sp³-hybridized carbons (Fsp3) is 1.00. The number of likely N-dealkylation sites (tertiary alicyclic amines) is 1. The highest BCUT2D eigenvalue weighted by atomic mass is 16.5. The zero-order chi connectivity index (χ0) is 13.1. The van der Waals surface area contributed by atoms with E-state index in [4.69, 9.17) is 4.74 Å². The summed E-state index contributed by atoms with van der Waals surface area (Å²) in [6.07, 6.45) is 5.53. The van der Waals surface area contributed by atoms with Crippen LogP contribution in [-0.4, -0.2) is 73.9 Å². The largest absolute Gasteiger partial charge is 0.378 e. The molecule has 2 unspecified atom stereocenters. The monoisotopic (exact) mass is 267 g/mol. The van der Waals surface area contributed by atoms with Crippen LogP contribution < -0.4 is 5.32 Å². The summed E-state index contributed by atoms with van der Waals surface area (Å²) in [6, 6.07) is 1.62. The lowest BCUT2D eigenvalue weighted by Gasteiger charge is -2.51. The van der Waals surface area contributed by atoms with Crippen LogP contribution in [0.25, 0.3) is 0 Å². The van der Waals surface area contributed by atoms with Gasteiger partial charge in [-0.1, -0.05) is 13.3 Å². The highest BCUT2D eigenvalue weighted by Gasteiger charge is 2.37. The van der Waals surface area contributed by atoms with Gasteiger partial charge in [0.1, 0.15) is 0 Å². The van der Waals surface area contributed by atoms with E-state index < -0.39 is 0 Å². The predicted octanol–water partition coefficient (Wildman–Crippen LogP) is 0.924. The van der Waals surface area contributed by atoms with Crippen molar-refractivity contribution in [2.45, 2.75) is 50.8 Å². The maximum absolute atomic E-state index is 5.87. The molecule has 3 aliphatic heterocycles. The van der Waals surface area contributed by atoms with E-state index in [1.165, 1.54) is 65.0 Å². The van der Waals surface area contributed by atoms with E-state index >= 15 is 0 Å². The van der Waals surface area contributed by atoms with Gasteiger partial charge in [-0.3, -0.25) is 9.80 Å². The second-order valence-corrected chi connectivity index (χ2v) is 6.35. The van der Waals surface area contributed by atoms with Crippen LogP contribution in [0.5, 0.6) is 0 Å². The average molecular weight is 267 g/mol. The average Bonchev–Trinajstić information content (AvgIpc) is 2.39. The summed E-state index contributed by atoms with van der Waals surface area (Å²) in [7, 11) is 0. The summed E-state index contributed by atoms with van der Waals surface area (Å²) >= 11 is 0. The zero-order valence-corrected chi connectivity index (χ0v) is 12.3. The number of nitrogens with one attached hydrogen (secondary N) is 1. The van der Waals surface area contributed by atoms with Gasteiger partial charge in [0.05, 0.1) is 6.10 Å². The van der Waals surface area contributed by atoms with Gasteiger partial charge in [0.2, 0.25) is 0 Å². The van der Waals surface area contributed by atoms with E-state index in [0.717, 1.165) is 18.7 Å². The number of nitrogens with zero attached hydrogens (tertiary/aromatic N) is 2. The van der Waals surface area contributed by atoms with E-state index in [9.17, 15) is 0 Å². The van der Waals surface area contributed by atoms with Gasteiger partial charge in [-0.25, -0.2) is 0 Å². The molecule has 0 spiro atoms. The molecule has 4 nitrogen and oxygen atoms in total. The van der Waals surface area contributed by atoms with Crippen molar-refractivity contribution in [2.75, 3.05) is 45.9 Å². The first-order valence-electron chi connectivity index (χ1n) is 8.17. The summed E-state index contributed by atoms with van der Waals surface area (Å²) in [5.41, 5.74) is 0. The molecule has 3 fully saturated rings. The Morgan fingerprint density at radius 1 is 1.11 bits per heavy atom.